The summed E-state index contributed by atoms with van der Waals surface area (Å²) >= 11 is 0. The van der Waals surface area contributed by atoms with Gasteiger partial charge in [-0.25, -0.2) is 0 Å². The molecule has 0 amide bonds. The number of carbonyl (C=O) groups is 1. The molecule has 0 saturated heterocycles. The van der Waals surface area contributed by atoms with E-state index in [4.69, 9.17) is 10.5 Å². The quantitative estimate of drug-likeness (QED) is 0.540. The van der Waals surface area contributed by atoms with Gasteiger partial charge in [0.25, 0.3) is 0 Å². The van der Waals surface area contributed by atoms with Crippen LogP contribution >= 0.6 is 0 Å². The van der Waals surface area contributed by atoms with Crippen LogP contribution in [0.15, 0.2) is 12.2 Å². The summed E-state index contributed by atoms with van der Waals surface area (Å²) in [5.74, 6) is -0.241. The number of allylic oxidation sites excluding steroid dienone is 2. The van der Waals surface area contributed by atoms with Crippen LogP contribution in [-0.4, -0.2) is 18.6 Å². The minimum atomic E-state index is -0.129. The molecule has 0 fully saturated rings. The maximum Gasteiger partial charge on any atom is 0.310 e. The first-order valence-corrected chi connectivity index (χ1v) is 5.33. The Morgan fingerprint density at radius 1 is 1.43 bits per heavy atom. The van der Waals surface area contributed by atoms with Crippen molar-refractivity contribution in [2.45, 2.75) is 38.6 Å². The highest BCUT2D eigenvalue weighted by atomic mass is 16.5. The van der Waals surface area contributed by atoms with Crippen molar-refractivity contribution in [2.24, 2.45) is 11.7 Å². The SMILES string of the molecule is CCOC(=O)[C@H]1CC/C=C\CC[C@@H]1N. The van der Waals surface area contributed by atoms with Gasteiger partial charge in [0, 0.05) is 6.04 Å². The summed E-state index contributed by atoms with van der Waals surface area (Å²) in [6, 6.07) is -0.0426. The second kappa shape index (κ2) is 5.81. The van der Waals surface area contributed by atoms with Crippen molar-refractivity contribution in [2.75, 3.05) is 6.61 Å². The molecule has 0 aromatic heterocycles. The summed E-state index contributed by atoms with van der Waals surface area (Å²) in [7, 11) is 0. The van der Waals surface area contributed by atoms with Crippen molar-refractivity contribution in [3.05, 3.63) is 12.2 Å². The van der Waals surface area contributed by atoms with Crippen LogP contribution in [0.5, 0.6) is 0 Å². The largest absolute Gasteiger partial charge is 0.466 e. The monoisotopic (exact) mass is 197 g/mol. The average molecular weight is 197 g/mol. The summed E-state index contributed by atoms with van der Waals surface area (Å²) in [6.45, 7) is 2.27. The Morgan fingerprint density at radius 3 is 2.71 bits per heavy atom. The molecule has 0 saturated carbocycles. The average Bonchev–Trinajstić information content (AvgIpc) is 2.12. The van der Waals surface area contributed by atoms with Crippen LogP contribution in [0, 0.1) is 5.92 Å². The van der Waals surface area contributed by atoms with E-state index in [9.17, 15) is 4.79 Å². The molecule has 0 aromatic carbocycles. The lowest BCUT2D eigenvalue weighted by Gasteiger charge is -2.22. The predicted octanol–water partition coefficient (Wildman–Crippen LogP) is 1.62. The zero-order valence-electron chi connectivity index (χ0n) is 8.74. The molecule has 2 atom stereocenters. The van der Waals surface area contributed by atoms with E-state index in [0.717, 1.165) is 25.7 Å². The van der Waals surface area contributed by atoms with Crippen molar-refractivity contribution in [1.82, 2.24) is 0 Å². The zero-order chi connectivity index (χ0) is 10.4. The first-order chi connectivity index (χ1) is 6.75. The Bertz CT molecular complexity index is 213. The van der Waals surface area contributed by atoms with Gasteiger partial charge in [-0.2, -0.15) is 0 Å². The third-order valence-electron chi connectivity index (χ3n) is 2.58. The van der Waals surface area contributed by atoms with E-state index in [0.29, 0.717) is 6.61 Å². The molecule has 0 aromatic rings. The first-order valence-electron chi connectivity index (χ1n) is 5.33. The molecule has 0 aliphatic heterocycles. The molecule has 1 aliphatic carbocycles. The summed E-state index contributed by atoms with van der Waals surface area (Å²) in [6.07, 6.45) is 7.85. The van der Waals surface area contributed by atoms with Gasteiger partial charge in [-0.1, -0.05) is 12.2 Å². The Balaban J connectivity index is 2.54. The molecule has 0 bridgehead atoms. The Hall–Kier alpha value is -0.830. The van der Waals surface area contributed by atoms with Crippen LogP contribution in [0.3, 0.4) is 0 Å². The summed E-state index contributed by atoms with van der Waals surface area (Å²) in [5.41, 5.74) is 5.94. The van der Waals surface area contributed by atoms with Gasteiger partial charge in [0.2, 0.25) is 0 Å². The fraction of sp³-hybridized carbons (Fsp3) is 0.727. The standard InChI is InChI=1S/C11H19NO2/c1-2-14-11(13)9-7-5-3-4-6-8-10(9)12/h3-4,9-10H,2,5-8,12H2,1H3/b4-3-/t9-,10-/m0/s1. The molecule has 0 radical (unpaired) electrons. The van der Waals surface area contributed by atoms with Gasteiger partial charge >= 0.3 is 5.97 Å². The molecule has 14 heavy (non-hydrogen) atoms. The van der Waals surface area contributed by atoms with Crippen molar-refractivity contribution in [3.63, 3.8) is 0 Å². The summed E-state index contributed by atoms with van der Waals surface area (Å²) in [4.78, 5) is 11.5. The molecule has 80 valence electrons. The number of esters is 1. The van der Waals surface area contributed by atoms with Crippen LogP contribution in [-0.2, 0) is 9.53 Å². The van der Waals surface area contributed by atoms with E-state index in [1.807, 2.05) is 6.92 Å². The van der Waals surface area contributed by atoms with Gasteiger partial charge in [0.1, 0.15) is 0 Å². The second-order valence-electron chi connectivity index (χ2n) is 3.65. The van der Waals surface area contributed by atoms with Gasteiger partial charge in [-0.15, -0.1) is 0 Å². The maximum atomic E-state index is 11.5. The van der Waals surface area contributed by atoms with Crippen molar-refractivity contribution >= 4 is 5.97 Å². The number of nitrogens with two attached hydrogens (primary N) is 1. The van der Waals surface area contributed by atoms with Gasteiger partial charge in [0.15, 0.2) is 0 Å². The number of rotatable bonds is 2. The van der Waals surface area contributed by atoms with E-state index in [-0.39, 0.29) is 17.9 Å². The Morgan fingerprint density at radius 2 is 2.07 bits per heavy atom. The number of ether oxygens (including phenoxy) is 1. The smallest absolute Gasteiger partial charge is 0.310 e. The highest BCUT2D eigenvalue weighted by molar-refractivity contribution is 5.73. The van der Waals surface area contributed by atoms with E-state index in [1.54, 1.807) is 0 Å². The first kappa shape index (κ1) is 11.2. The van der Waals surface area contributed by atoms with E-state index in [1.165, 1.54) is 0 Å². The minimum absolute atomic E-state index is 0.0426. The lowest BCUT2D eigenvalue weighted by molar-refractivity contribution is -0.149. The molecule has 0 unspecified atom stereocenters. The van der Waals surface area contributed by atoms with Crippen LogP contribution in [0.4, 0.5) is 0 Å². The molecule has 2 N–H and O–H groups in total. The fourth-order valence-corrected chi connectivity index (χ4v) is 1.76. The molecule has 0 heterocycles. The number of hydrogen-bond acceptors (Lipinski definition) is 3. The molecular formula is C11H19NO2. The highest BCUT2D eigenvalue weighted by Gasteiger charge is 2.26. The molecule has 0 spiro atoms. The van der Waals surface area contributed by atoms with Gasteiger partial charge in [0.05, 0.1) is 12.5 Å². The molecule has 1 rings (SSSR count). The number of carbonyl (C=O) groups excluding carboxylic acids is 1. The topological polar surface area (TPSA) is 52.3 Å². The van der Waals surface area contributed by atoms with Gasteiger partial charge in [-0.3, -0.25) is 4.79 Å². The van der Waals surface area contributed by atoms with Crippen LogP contribution in [0.2, 0.25) is 0 Å². The van der Waals surface area contributed by atoms with Crippen molar-refractivity contribution in [3.8, 4) is 0 Å². The fourth-order valence-electron chi connectivity index (χ4n) is 1.76. The number of hydrogen-bond donors (Lipinski definition) is 1. The van der Waals surface area contributed by atoms with Crippen molar-refractivity contribution < 1.29 is 9.53 Å². The third kappa shape index (κ3) is 3.14. The van der Waals surface area contributed by atoms with Crippen LogP contribution < -0.4 is 5.73 Å². The van der Waals surface area contributed by atoms with Crippen LogP contribution in [0.25, 0.3) is 0 Å². The van der Waals surface area contributed by atoms with Crippen molar-refractivity contribution in [1.29, 1.82) is 0 Å². The molecule has 1 aliphatic rings. The minimum Gasteiger partial charge on any atom is -0.466 e. The lowest BCUT2D eigenvalue weighted by Crippen LogP contribution is -2.37. The van der Waals surface area contributed by atoms with Crippen LogP contribution in [0.1, 0.15) is 32.6 Å². The molecule has 3 heteroatoms. The van der Waals surface area contributed by atoms with Gasteiger partial charge < -0.3 is 10.5 Å². The normalized spacial score (nSPS) is 30.1. The van der Waals surface area contributed by atoms with E-state index >= 15 is 0 Å². The molecular weight excluding hydrogens is 178 g/mol. The third-order valence-corrected chi connectivity index (χ3v) is 2.58. The maximum absolute atomic E-state index is 11.5. The van der Waals surface area contributed by atoms with E-state index in [2.05, 4.69) is 12.2 Å². The van der Waals surface area contributed by atoms with E-state index < -0.39 is 0 Å². The second-order valence-corrected chi connectivity index (χ2v) is 3.65. The highest BCUT2D eigenvalue weighted by Crippen LogP contribution is 2.19. The zero-order valence-corrected chi connectivity index (χ0v) is 8.74. The Labute approximate surface area is 85.3 Å². The van der Waals surface area contributed by atoms with Gasteiger partial charge in [-0.05, 0) is 32.6 Å². The summed E-state index contributed by atoms with van der Waals surface area (Å²) in [5, 5.41) is 0. The molecule has 3 nitrogen and oxygen atoms in total. The lowest BCUT2D eigenvalue weighted by atomic mass is 9.90. The Kier molecular flexibility index (Phi) is 4.66. The summed E-state index contributed by atoms with van der Waals surface area (Å²) < 4.78 is 5.01. The predicted molar refractivity (Wildman–Crippen MR) is 55.7 cm³/mol.